The van der Waals surface area contributed by atoms with E-state index in [2.05, 4.69) is 27.6 Å². The highest BCUT2D eigenvalue weighted by atomic mass is 16.6. The number of aliphatic hydroxyl groups excluding tert-OH is 1. The summed E-state index contributed by atoms with van der Waals surface area (Å²) >= 11 is 0. The molecule has 0 bridgehead atoms. The number of likely N-dealkylation sites (N-methyl/N-ethyl adjacent to an activating group) is 1. The zero-order chi connectivity index (χ0) is 35.9. The predicted molar refractivity (Wildman–Crippen MR) is 196 cm³/mol. The number of nitrogens with one attached hydrogen (secondary N) is 2. The normalized spacial score (nSPS) is 14.9. The molecular weight excluding hydrogens is 658 g/mol. The molecule has 4 heterocycles. The van der Waals surface area contributed by atoms with Crippen LogP contribution in [0.1, 0.15) is 43.7 Å². The molecule has 1 fully saturated rings. The van der Waals surface area contributed by atoms with Crippen LogP contribution in [0.15, 0.2) is 35.4 Å². The number of hydrogen-bond acceptors (Lipinski definition) is 13. The molecule has 15 nitrogen and oxygen atoms in total. The number of ether oxygens (including phenoxy) is 6. The molecule has 51 heavy (non-hydrogen) atoms. The van der Waals surface area contributed by atoms with Gasteiger partial charge in [-0.3, -0.25) is 4.79 Å². The smallest absolute Gasteiger partial charge is 0.250 e. The Morgan fingerprint density at radius 3 is 2.16 bits per heavy atom. The number of aliphatic hydroxyl groups is 1. The minimum absolute atomic E-state index is 0.0779. The Kier molecular flexibility index (Phi) is 19.2. The summed E-state index contributed by atoms with van der Waals surface area (Å²) in [6, 6.07) is 5.75. The molecule has 286 valence electrons. The maximum atomic E-state index is 12.6. The van der Waals surface area contributed by atoms with Gasteiger partial charge in [-0.15, -0.1) is 0 Å². The first-order chi connectivity index (χ1) is 25.1. The van der Waals surface area contributed by atoms with E-state index in [-0.39, 0.29) is 18.2 Å². The zero-order valence-corrected chi connectivity index (χ0v) is 30.6. The van der Waals surface area contributed by atoms with Gasteiger partial charge >= 0.3 is 0 Å². The lowest BCUT2D eigenvalue weighted by Gasteiger charge is -2.36. The second-order valence-corrected chi connectivity index (χ2v) is 12.3. The summed E-state index contributed by atoms with van der Waals surface area (Å²) < 4.78 is 36.7. The van der Waals surface area contributed by atoms with Gasteiger partial charge in [0.15, 0.2) is 5.65 Å². The molecule has 1 aliphatic heterocycles. The van der Waals surface area contributed by atoms with Crippen molar-refractivity contribution in [1.29, 1.82) is 0 Å². The van der Waals surface area contributed by atoms with Crippen LogP contribution in [0, 0.1) is 0 Å². The summed E-state index contributed by atoms with van der Waals surface area (Å²) in [5.74, 6) is 1.74. The maximum absolute atomic E-state index is 12.6. The first-order valence-corrected chi connectivity index (χ1v) is 18.4. The van der Waals surface area contributed by atoms with Gasteiger partial charge in [0.25, 0.3) is 5.56 Å². The Labute approximate surface area is 301 Å². The van der Waals surface area contributed by atoms with Crippen LogP contribution in [0.25, 0.3) is 5.65 Å². The van der Waals surface area contributed by atoms with Gasteiger partial charge in [-0.25, -0.2) is 4.98 Å². The summed E-state index contributed by atoms with van der Waals surface area (Å²) in [6.45, 7) is 11.1. The predicted octanol–water partition coefficient (Wildman–Crippen LogP) is 2.13. The maximum Gasteiger partial charge on any atom is 0.250 e. The molecule has 1 atom stereocenters. The van der Waals surface area contributed by atoms with Crippen LogP contribution in [0.5, 0.6) is 0 Å². The third kappa shape index (κ3) is 14.1. The van der Waals surface area contributed by atoms with Crippen molar-refractivity contribution in [2.45, 2.75) is 58.2 Å². The third-order valence-corrected chi connectivity index (χ3v) is 8.65. The number of anilines is 2. The highest BCUT2D eigenvalue weighted by Gasteiger charge is 2.25. The average Bonchev–Trinajstić information content (AvgIpc) is 3.57. The second kappa shape index (κ2) is 24.2. The standard InChI is InChI=1S/C36H59N7O8/c1-3-31-28-39-43-33(26-34(40-36(31)43)42-11-5-4-6-32(42)9-13-44)38-27-30-7-8-35(45)41(29-30)12-15-47-17-19-49-21-23-51-25-24-50-22-20-48-18-16-46-14-10-37-2/h7-8,26,28-29,32,37-38,44H,3-6,9-25,27H2,1-2H3/t32-/m0/s1. The van der Waals surface area contributed by atoms with Gasteiger partial charge in [-0.1, -0.05) is 13.0 Å². The van der Waals surface area contributed by atoms with Gasteiger partial charge in [0, 0.05) is 62.7 Å². The molecular formula is C36H59N7O8. The summed E-state index contributed by atoms with van der Waals surface area (Å²) in [7, 11) is 1.89. The second-order valence-electron chi connectivity index (χ2n) is 12.3. The lowest BCUT2D eigenvalue weighted by Crippen LogP contribution is -2.40. The fourth-order valence-electron chi connectivity index (χ4n) is 5.86. The van der Waals surface area contributed by atoms with E-state index in [1.54, 1.807) is 10.6 Å². The van der Waals surface area contributed by atoms with Crippen molar-refractivity contribution in [3.63, 3.8) is 0 Å². The Morgan fingerprint density at radius 2 is 1.53 bits per heavy atom. The van der Waals surface area contributed by atoms with E-state index >= 15 is 0 Å². The molecule has 0 unspecified atom stereocenters. The van der Waals surface area contributed by atoms with Crippen molar-refractivity contribution < 1.29 is 33.5 Å². The lowest BCUT2D eigenvalue weighted by molar-refractivity contribution is -0.0168. The molecule has 0 aromatic carbocycles. The van der Waals surface area contributed by atoms with E-state index in [1.807, 2.05) is 36.1 Å². The van der Waals surface area contributed by atoms with E-state index in [1.165, 1.54) is 0 Å². The van der Waals surface area contributed by atoms with Crippen molar-refractivity contribution in [2.75, 3.05) is 116 Å². The van der Waals surface area contributed by atoms with E-state index in [9.17, 15) is 9.90 Å². The number of rotatable bonds is 28. The Balaban J connectivity index is 1.11. The molecule has 0 radical (unpaired) electrons. The highest BCUT2D eigenvalue weighted by molar-refractivity contribution is 5.61. The quantitative estimate of drug-likeness (QED) is 0.0941. The van der Waals surface area contributed by atoms with Crippen molar-refractivity contribution in [1.82, 2.24) is 24.5 Å². The number of aromatic nitrogens is 4. The summed E-state index contributed by atoms with van der Waals surface area (Å²) in [4.78, 5) is 19.9. The monoisotopic (exact) mass is 717 g/mol. The Morgan fingerprint density at radius 1 is 0.882 bits per heavy atom. The topological polar surface area (TPSA) is 155 Å². The molecule has 15 heteroatoms. The minimum atomic E-state index is -0.0779. The molecule has 0 saturated carbocycles. The summed E-state index contributed by atoms with van der Waals surface area (Å²) in [6.07, 6.45) is 8.62. The zero-order valence-electron chi connectivity index (χ0n) is 30.6. The molecule has 1 aliphatic rings. The molecule has 0 amide bonds. The van der Waals surface area contributed by atoms with E-state index in [0.717, 1.165) is 73.6 Å². The fourth-order valence-corrected chi connectivity index (χ4v) is 5.86. The minimum Gasteiger partial charge on any atom is -0.396 e. The van der Waals surface area contributed by atoms with Gasteiger partial charge in [0.1, 0.15) is 11.6 Å². The van der Waals surface area contributed by atoms with Gasteiger partial charge in [-0.2, -0.15) is 9.61 Å². The SMILES string of the molecule is CCc1cnn2c(NCc3ccc(=O)n(CCOCCOCCOCCOCCOCCOCCNC)c3)cc(N3CCCC[C@H]3CCO)nc12. The van der Waals surface area contributed by atoms with E-state index < -0.39 is 0 Å². The molecule has 3 aromatic rings. The van der Waals surface area contributed by atoms with Crippen LogP contribution in [0.2, 0.25) is 0 Å². The molecule has 3 N–H and O–H groups in total. The van der Waals surface area contributed by atoms with Crippen molar-refractivity contribution in [2.24, 2.45) is 0 Å². The van der Waals surface area contributed by atoms with Crippen LogP contribution in [0.3, 0.4) is 0 Å². The number of hydrogen-bond donors (Lipinski definition) is 3. The van der Waals surface area contributed by atoms with Crippen LogP contribution < -0.4 is 21.1 Å². The van der Waals surface area contributed by atoms with Gasteiger partial charge < -0.3 is 53.6 Å². The molecule has 1 saturated heterocycles. The van der Waals surface area contributed by atoms with E-state index in [4.69, 9.17) is 33.4 Å². The van der Waals surface area contributed by atoms with Crippen molar-refractivity contribution in [3.05, 3.63) is 52.1 Å². The Bertz CT molecular complexity index is 1440. The number of piperidine rings is 1. The summed E-state index contributed by atoms with van der Waals surface area (Å²) in [5.41, 5.74) is 2.81. The van der Waals surface area contributed by atoms with Gasteiger partial charge in [0.2, 0.25) is 0 Å². The van der Waals surface area contributed by atoms with Crippen LogP contribution in [-0.4, -0.2) is 136 Å². The third-order valence-electron chi connectivity index (χ3n) is 8.65. The number of aryl methyl sites for hydroxylation is 1. The molecule has 0 aliphatic carbocycles. The molecule has 0 spiro atoms. The molecule has 4 rings (SSSR count). The number of nitrogens with zero attached hydrogens (tertiary/aromatic N) is 5. The largest absolute Gasteiger partial charge is 0.396 e. The number of fused-ring (bicyclic) bond motifs is 1. The molecule has 3 aromatic heterocycles. The average molecular weight is 718 g/mol. The van der Waals surface area contributed by atoms with Crippen LogP contribution in [0.4, 0.5) is 11.6 Å². The first kappa shape index (κ1) is 40.6. The lowest BCUT2D eigenvalue weighted by atomic mass is 9.99. The van der Waals surface area contributed by atoms with Crippen molar-refractivity contribution in [3.8, 4) is 0 Å². The fraction of sp³-hybridized carbons (Fsp3) is 0.694. The first-order valence-electron chi connectivity index (χ1n) is 18.4. The van der Waals surface area contributed by atoms with Gasteiger partial charge in [0.05, 0.1) is 85.5 Å². The van der Waals surface area contributed by atoms with Gasteiger partial charge in [-0.05, 0) is 44.7 Å². The van der Waals surface area contributed by atoms with Crippen LogP contribution in [-0.2, 0) is 47.9 Å². The Hall–Kier alpha value is -3.15. The highest BCUT2D eigenvalue weighted by Crippen LogP contribution is 2.29. The summed E-state index contributed by atoms with van der Waals surface area (Å²) in [5, 5.41) is 20.9. The van der Waals surface area contributed by atoms with Crippen LogP contribution >= 0.6 is 0 Å². The number of pyridine rings is 1. The van der Waals surface area contributed by atoms with Crippen molar-refractivity contribution >= 4 is 17.3 Å². The van der Waals surface area contributed by atoms with E-state index in [0.29, 0.717) is 92.4 Å².